The van der Waals surface area contributed by atoms with Crippen LogP contribution in [0.25, 0.3) is 0 Å². The van der Waals surface area contributed by atoms with Crippen molar-refractivity contribution in [3.63, 3.8) is 0 Å². The molecule has 2 nitrogen and oxygen atoms in total. The van der Waals surface area contributed by atoms with Gasteiger partial charge in [0.05, 0.1) is 0 Å². The lowest BCUT2D eigenvalue weighted by molar-refractivity contribution is 0.961. The van der Waals surface area contributed by atoms with Crippen LogP contribution in [0.5, 0.6) is 0 Å². The van der Waals surface area contributed by atoms with Crippen LogP contribution < -0.4 is 10.6 Å². The standard InChI is InChI=1S/C18H24N2S/c1-4-20(15-11-9-14(3)10-12-15)17-7-6-8-18(21-5-2)16(17)13-19/h6-12H,4-5,13,19H2,1-3H3. The largest absolute Gasteiger partial charge is 0.341 e. The summed E-state index contributed by atoms with van der Waals surface area (Å²) >= 11 is 1.86. The molecule has 2 rings (SSSR count). The molecule has 21 heavy (non-hydrogen) atoms. The number of hydrogen-bond acceptors (Lipinski definition) is 3. The average Bonchev–Trinajstić information content (AvgIpc) is 2.50. The maximum Gasteiger partial charge on any atom is 0.0467 e. The second kappa shape index (κ2) is 7.53. The third-order valence-electron chi connectivity index (χ3n) is 3.56. The van der Waals surface area contributed by atoms with E-state index in [1.165, 1.54) is 27.4 Å². The van der Waals surface area contributed by atoms with Crippen LogP contribution >= 0.6 is 11.8 Å². The zero-order valence-corrected chi connectivity index (χ0v) is 13.9. The lowest BCUT2D eigenvalue weighted by Gasteiger charge is -2.27. The Labute approximate surface area is 132 Å². The lowest BCUT2D eigenvalue weighted by Crippen LogP contribution is -2.19. The fourth-order valence-electron chi connectivity index (χ4n) is 2.52. The summed E-state index contributed by atoms with van der Waals surface area (Å²) in [6, 6.07) is 15.1. The Morgan fingerprint density at radius 1 is 1.05 bits per heavy atom. The van der Waals surface area contributed by atoms with Crippen LogP contribution in [0.1, 0.15) is 25.0 Å². The van der Waals surface area contributed by atoms with Crippen molar-refractivity contribution in [2.75, 3.05) is 17.2 Å². The van der Waals surface area contributed by atoms with E-state index >= 15 is 0 Å². The van der Waals surface area contributed by atoms with Gasteiger partial charge in [-0.15, -0.1) is 11.8 Å². The summed E-state index contributed by atoms with van der Waals surface area (Å²) in [5, 5.41) is 0. The molecule has 0 atom stereocenters. The molecule has 2 aromatic carbocycles. The Morgan fingerprint density at radius 2 is 1.76 bits per heavy atom. The molecule has 3 heteroatoms. The van der Waals surface area contributed by atoms with Crippen molar-refractivity contribution in [3.05, 3.63) is 53.6 Å². The van der Waals surface area contributed by atoms with Crippen LogP contribution in [0.2, 0.25) is 0 Å². The maximum absolute atomic E-state index is 6.04. The number of rotatable bonds is 6. The van der Waals surface area contributed by atoms with Crippen molar-refractivity contribution in [1.82, 2.24) is 0 Å². The van der Waals surface area contributed by atoms with Gasteiger partial charge in [0.15, 0.2) is 0 Å². The van der Waals surface area contributed by atoms with Crippen LogP contribution in [-0.4, -0.2) is 12.3 Å². The van der Waals surface area contributed by atoms with Crippen LogP contribution in [0.15, 0.2) is 47.4 Å². The number of nitrogens with two attached hydrogens (primary N) is 1. The molecule has 0 aliphatic heterocycles. The van der Waals surface area contributed by atoms with Gasteiger partial charge in [-0.2, -0.15) is 0 Å². The minimum Gasteiger partial charge on any atom is -0.341 e. The van der Waals surface area contributed by atoms with Gasteiger partial charge in [0.1, 0.15) is 0 Å². The molecule has 0 amide bonds. The van der Waals surface area contributed by atoms with Crippen molar-refractivity contribution < 1.29 is 0 Å². The third kappa shape index (κ3) is 3.60. The first-order valence-electron chi connectivity index (χ1n) is 7.50. The van der Waals surface area contributed by atoms with E-state index in [2.05, 4.69) is 68.1 Å². The van der Waals surface area contributed by atoms with Crippen LogP contribution in [0.4, 0.5) is 11.4 Å². The van der Waals surface area contributed by atoms with Crippen LogP contribution in [0.3, 0.4) is 0 Å². The van der Waals surface area contributed by atoms with E-state index in [0.29, 0.717) is 6.54 Å². The first-order chi connectivity index (χ1) is 10.2. The Bertz CT molecular complexity index is 578. The summed E-state index contributed by atoms with van der Waals surface area (Å²) in [6.45, 7) is 7.97. The van der Waals surface area contributed by atoms with Gasteiger partial charge in [-0.25, -0.2) is 0 Å². The first kappa shape index (κ1) is 15.9. The molecule has 0 aliphatic carbocycles. The minimum atomic E-state index is 0.570. The summed E-state index contributed by atoms with van der Waals surface area (Å²) < 4.78 is 0. The topological polar surface area (TPSA) is 29.3 Å². The average molecular weight is 300 g/mol. The number of aryl methyl sites for hydroxylation is 1. The molecule has 0 aromatic heterocycles. The highest BCUT2D eigenvalue weighted by Gasteiger charge is 2.14. The normalized spacial score (nSPS) is 10.7. The number of anilines is 2. The molecule has 0 bridgehead atoms. The highest BCUT2D eigenvalue weighted by molar-refractivity contribution is 7.99. The SMILES string of the molecule is CCSc1cccc(N(CC)c2ccc(C)cc2)c1CN. The Hall–Kier alpha value is -1.45. The lowest BCUT2D eigenvalue weighted by atomic mass is 10.1. The fraction of sp³-hybridized carbons (Fsp3) is 0.333. The fourth-order valence-corrected chi connectivity index (χ4v) is 3.37. The van der Waals surface area contributed by atoms with Gasteiger partial charge < -0.3 is 10.6 Å². The van der Waals surface area contributed by atoms with Crippen LogP contribution in [-0.2, 0) is 6.54 Å². The maximum atomic E-state index is 6.04. The molecule has 0 radical (unpaired) electrons. The molecule has 0 aliphatic rings. The molecule has 0 heterocycles. The predicted molar refractivity (Wildman–Crippen MR) is 94.6 cm³/mol. The molecule has 2 N–H and O–H groups in total. The van der Waals surface area contributed by atoms with E-state index in [4.69, 9.17) is 5.73 Å². The quantitative estimate of drug-likeness (QED) is 0.782. The van der Waals surface area contributed by atoms with E-state index in [-0.39, 0.29) is 0 Å². The molecule has 0 spiro atoms. The van der Waals surface area contributed by atoms with Crippen molar-refractivity contribution in [2.45, 2.75) is 32.2 Å². The Balaban J connectivity index is 2.46. The third-order valence-corrected chi connectivity index (χ3v) is 4.55. The number of hydrogen-bond donors (Lipinski definition) is 1. The summed E-state index contributed by atoms with van der Waals surface area (Å²) in [5.41, 5.74) is 11.0. The zero-order chi connectivity index (χ0) is 15.2. The summed E-state index contributed by atoms with van der Waals surface area (Å²) in [5.74, 6) is 1.06. The highest BCUT2D eigenvalue weighted by atomic mass is 32.2. The monoisotopic (exact) mass is 300 g/mol. The van der Waals surface area contributed by atoms with Crippen molar-refractivity contribution in [2.24, 2.45) is 5.73 Å². The molecule has 2 aromatic rings. The molecular weight excluding hydrogens is 276 g/mol. The predicted octanol–water partition coefficient (Wildman–Crippen LogP) is 4.72. The van der Waals surface area contributed by atoms with Gasteiger partial charge >= 0.3 is 0 Å². The van der Waals surface area contributed by atoms with E-state index in [1.54, 1.807) is 0 Å². The van der Waals surface area contributed by atoms with Crippen LogP contribution in [0, 0.1) is 6.92 Å². The van der Waals surface area contributed by atoms with E-state index in [9.17, 15) is 0 Å². The number of nitrogens with zero attached hydrogens (tertiary/aromatic N) is 1. The molecule has 0 fully saturated rings. The smallest absolute Gasteiger partial charge is 0.0467 e. The molecule has 0 unspecified atom stereocenters. The second-order valence-corrected chi connectivity index (χ2v) is 6.28. The van der Waals surface area contributed by atoms with Crippen molar-refractivity contribution in [1.29, 1.82) is 0 Å². The Kier molecular flexibility index (Phi) is 5.71. The van der Waals surface area contributed by atoms with Gasteiger partial charge in [0.25, 0.3) is 0 Å². The summed E-state index contributed by atoms with van der Waals surface area (Å²) in [4.78, 5) is 3.63. The molecule has 0 saturated heterocycles. The Morgan fingerprint density at radius 3 is 2.33 bits per heavy atom. The van der Waals surface area contributed by atoms with E-state index < -0.39 is 0 Å². The van der Waals surface area contributed by atoms with Crippen molar-refractivity contribution in [3.8, 4) is 0 Å². The van der Waals surface area contributed by atoms with Gasteiger partial charge in [0, 0.05) is 34.9 Å². The molecule has 0 saturated carbocycles. The highest BCUT2D eigenvalue weighted by Crippen LogP contribution is 2.34. The van der Waals surface area contributed by atoms with Gasteiger partial charge in [-0.05, 0) is 43.9 Å². The summed E-state index contributed by atoms with van der Waals surface area (Å²) in [6.07, 6.45) is 0. The minimum absolute atomic E-state index is 0.570. The van der Waals surface area contributed by atoms with Crippen molar-refractivity contribution >= 4 is 23.1 Å². The zero-order valence-electron chi connectivity index (χ0n) is 13.1. The summed E-state index contributed by atoms with van der Waals surface area (Å²) in [7, 11) is 0. The number of thioether (sulfide) groups is 1. The van der Waals surface area contributed by atoms with Gasteiger partial charge in [-0.1, -0.05) is 30.7 Å². The molecular formula is C18H24N2S. The van der Waals surface area contributed by atoms with Gasteiger partial charge in [-0.3, -0.25) is 0 Å². The molecule has 112 valence electrons. The second-order valence-electron chi connectivity index (χ2n) is 4.97. The van der Waals surface area contributed by atoms with E-state index in [0.717, 1.165) is 12.3 Å². The van der Waals surface area contributed by atoms with Gasteiger partial charge in [0.2, 0.25) is 0 Å². The van der Waals surface area contributed by atoms with E-state index in [1.807, 2.05) is 11.8 Å². The number of benzene rings is 2. The first-order valence-corrected chi connectivity index (χ1v) is 8.48.